The van der Waals surface area contributed by atoms with Gasteiger partial charge in [-0.1, -0.05) is 7.43 Å². The van der Waals surface area contributed by atoms with Gasteiger partial charge in [-0.3, -0.25) is 0 Å². The van der Waals surface area contributed by atoms with Gasteiger partial charge in [0.2, 0.25) is 0 Å². The number of likely N-dealkylation sites (N-methyl/N-ethyl adjacent to an activating group) is 2. The molecule has 1 fully saturated rings. The van der Waals surface area contributed by atoms with E-state index in [1.54, 1.807) is 0 Å². The van der Waals surface area contributed by atoms with Crippen LogP contribution >= 0.6 is 0 Å². The Kier molecular flexibility index (Phi) is 18.0. The molecule has 0 aromatic rings. The largest absolute Gasteiger partial charge is 0.395 e. The number of likely N-dealkylation sites (tertiary alicyclic amines) is 1. The standard InChI is InChI=1S/C4H9NO.C4H11NO.C3H9N.CH4/c1-5-2-4(6)3-5;1-5(2)3-4-6;1-4(2)3;/h4,6H,2-3H2,1H3;6H,3-4H2,1-2H3;1-3H3;1H4. The van der Waals surface area contributed by atoms with Crippen molar-refractivity contribution < 1.29 is 10.2 Å². The molecule has 108 valence electrons. The molecule has 1 aliphatic heterocycles. The van der Waals surface area contributed by atoms with Crippen LogP contribution < -0.4 is 0 Å². The first kappa shape index (κ1) is 22.0. The summed E-state index contributed by atoms with van der Waals surface area (Å²) >= 11 is 0. The summed E-state index contributed by atoms with van der Waals surface area (Å²) in [4.78, 5) is 6.00. The molecule has 5 heteroatoms. The van der Waals surface area contributed by atoms with E-state index in [9.17, 15) is 0 Å². The summed E-state index contributed by atoms with van der Waals surface area (Å²) in [5, 5.41) is 16.8. The number of aliphatic hydroxyl groups excluding tert-OH is 2. The maximum atomic E-state index is 8.58. The molecule has 0 aromatic heterocycles. The van der Waals surface area contributed by atoms with Gasteiger partial charge in [-0.25, -0.2) is 0 Å². The van der Waals surface area contributed by atoms with Crippen LogP contribution in [0.25, 0.3) is 0 Å². The van der Waals surface area contributed by atoms with Crippen molar-refractivity contribution in [3.8, 4) is 0 Å². The van der Waals surface area contributed by atoms with Gasteiger partial charge < -0.3 is 24.9 Å². The van der Waals surface area contributed by atoms with E-state index in [-0.39, 0.29) is 20.1 Å². The Bertz CT molecular complexity index is 123. The number of β-amino-alcohol motifs (C(OH)–C–C–N with tert-alkyl or cyclic N) is 1. The zero-order valence-corrected chi connectivity index (χ0v) is 11.6. The molecule has 0 unspecified atom stereocenters. The summed E-state index contributed by atoms with van der Waals surface area (Å²) in [7, 11) is 11.8. The van der Waals surface area contributed by atoms with Crippen LogP contribution in [0.5, 0.6) is 0 Å². The van der Waals surface area contributed by atoms with E-state index in [0.29, 0.717) is 0 Å². The van der Waals surface area contributed by atoms with Crippen molar-refractivity contribution in [2.75, 3.05) is 68.5 Å². The summed E-state index contributed by atoms with van der Waals surface area (Å²) in [5.74, 6) is 0. The Hall–Kier alpha value is -0.200. The minimum atomic E-state index is -0.0324. The molecule has 17 heavy (non-hydrogen) atoms. The zero-order chi connectivity index (χ0) is 13.1. The first-order valence-electron chi connectivity index (χ1n) is 5.52. The van der Waals surface area contributed by atoms with Crippen LogP contribution in [0.2, 0.25) is 0 Å². The molecular weight excluding hydrogens is 218 g/mol. The quantitative estimate of drug-likeness (QED) is 0.702. The minimum Gasteiger partial charge on any atom is -0.395 e. The lowest BCUT2D eigenvalue weighted by molar-refractivity contribution is 0.0196. The number of hydrogen-bond donors (Lipinski definition) is 2. The molecule has 0 aliphatic carbocycles. The molecule has 1 saturated heterocycles. The Morgan fingerprint density at radius 3 is 1.47 bits per heavy atom. The topological polar surface area (TPSA) is 50.2 Å². The third-order valence-electron chi connectivity index (χ3n) is 1.59. The Balaban J connectivity index is -0.000000172. The fourth-order valence-corrected chi connectivity index (χ4v) is 0.866. The van der Waals surface area contributed by atoms with Gasteiger partial charge in [-0.15, -0.1) is 0 Å². The van der Waals surface area contributed by atoms with Gasteiger partial charge in [-0.2, -0.15) is 0 Å². The molecule has 0 aromatic carbocycles. The molecule has 0 amide bonds. The van der Waals surface area contributed by atoms with Gasteiger partial charge in [0.25, 0.3) is 0 Å². The van der Waals surface area contributed by atoms with Crippen molar-refractivity contribution in [1.29, 1.82) is 0 Å². The molecule has 0 atom stereocenters. The van der Waals surface area contributed by atoms with E-state index >= 15 is 0 Å². The average molecular weight is 251 g/mol. The first-order chi connectivity index (χ1) is 7.29. The molecule has 0 radical (unpaired) electrons. The highest BCUT2D eigenvalue weighted by Gasteiger charge is 2.18. The van der Waals surface area contributed by atoms with Crippen LogP contribution in [-0.2, 0) is 0 Å². The van der Waals surface area contributed by atoms with Crippen LogP contribution in [0.3, 0.4) is 0 Å². The molecule has 1 aliphatic rings. The number of rotatable bonds is 2. The lowest BCUT2D eigenvalue weighted by Crippen LogP contribution is -2.47. The van der Waals surface area contributed by atoms with Gasteiger partial charge in [0.15, 0.2) is 0 Å². The fourth-order valence-electron chi connectivity index (χ4n) is 0.866. The van der Waals surface area contributed by atoms with Gasteiger partial charge >= 0.3 is 0 Å². The molecule has 0 spiro atoms. The zero-order valence-electron chi connectivity index (χ0n) is 11.6. The molecule has 2 N–H and O–H groups in total. The highest BCUT2D eigenvalue weighted by atomic mass is 16.3. The normalized spacial score (nSPS) is 15.2. The highest BCUT2D eigenvalue weighted by molar-refractivity contribution is 4.74. The maximum Gasteiger partial charge on any atom is 0.0793 e. The molecular formula is C12H33N3O2. The van der Waals surface area contributed by atoms with E-state index in [2.05, 4.69) is 4.90 Å². The summed E-state index contributed by atoms with van der Waals surface area (Å²) in [5.41, 5.74) is 0. The van der Waals surface area contributed by atoms with Crippen molar-refractivity contribution in [3.05, 3.63) is 0 Å². The van der Waals surface area contributed by atoms with E-state index in [1.165, 1.54) is 0 Å². The van der Waals surface area contributed by atoms with E-state index < -0.39 is 0 Å². The van der Waals surface area contributed by atoms with E-state index in [0.717, 1.165) is 19.6 Å². The van der Waals surface area contributed by atoms with E-state index in [4.69, 9.17) is 10.2 Å². The van der Waals surface area contributed by atoms with Crippen LogP contribution in [0.1, 0.15) is 7.43 Å². The summed E-state index contributed by atoms with van der Waals surface area (Å²) in [6.07, 6.45) is -0.0324. The number of aliphatic hydroxyl groups is 2. The Morgan fingerprint density at radius 1 is 1.12 bits per heavy atom. The minimum absolute atomic E-state index is 0. The van der Waals surface area contributed by atoms with Gasteiger partial charge in [0.05, 0.1) is 12.7 Å². The molecule has 5 nitrogen and oxygen atoms in total. The maximum absolute atomic E-state index is 8.58. The van der Waals surface area contributed by atoms with Crippen LogP contribution in [0, 0.1) is 0 Å². The third-order valence-corrected chi connectivity index (χ3v) is 1.59. The monoisotopic (exact) mass is 251 g/mol. The van der Waals surface area contributed by atoms with Crippen LogP contribution in [-0.4, -0.2) is 99.5 Å². The lowest BCUT2D eigenvalue weighted by atomic mass is 10.2. The van der Waals surface area contributed by atoms with Crippen molar-refractivity contribution in [2.45, 2.75) is 13.5 Å². The molecule has 1 heterocycles. The van der Waals surface area contributed by atoms with Crippen molar-refractivity contribution in [2.24, 2.45) is 0 Å². The average Bonchev–Trinajstić information content (AvgIpc) is 2.01. The molecule has 0 bridgehead atoms. The second-order valence-corrected chi connectivity index (χ2v) is 4.74. The van der Waals surface area contributed by atoms with Crippen LogP contribution in [0.4, 0.5) is 0 Å². The van der Waals surface area contributed by atoms with E-state index in [1.807, 2.05) is 52.1 Å². The summed E-state index contributed by atoms with van der Waals surface area (Å²) in [6, 6.07) is 0. The predicted molar refractivity (Wildman–Crippen MR) is 75.5 cm³/mol. The van der Waals surface area contributed by atoms with Crippen molar-refractivity contribution in [1.82, 2.24) is 14.7 Å². The highest BCUT2D eigenvalue weighted by Crippen LogP contribution is 2.00. The second-order valence-electron chi connectivity index (χ2n) is 4.74. The smallest absolute Gasteiger partial charge is 0.0793 e. The SMILES string of the molecule is C.CN(C)C.CN(C)CCO.CN1CC(O)C1. The third kappa shape index (κ3) is 25.8. The Morgan fingerprint density at radius 2 is 1.47 bits per heavy atom. The second kappa shape index (κ2) is 13.9. The fraction of sp³-hybridized carbons (Fsp3) is 1.00. The molecule has 1 rings (SSSR count). The van der Waals surface area contributed by atoms with Crippen molar-refractivity contribution >= 4 is 0 Å². The number of nitrogens with zero attached hydrogens (tertiary/aromatic N) is 3. The number of hydrogen-bond acceptors (Lipinski definition) is 5. The first-order valence-corrected chi connectivity index (χ1v) is 5.52. The summed E-state index contributed by atoms with van der Waals surface area (Å²) in [6.45, 7) is 2.74. The summed E-state index contributed by atoms with van der Waals surface area (Å²) < 4.78 is 0. The van der Waals surface area contributed by atoms with Gasteiger partial charge in [0, 0.05) is 19.6 Å². The van der Waals surface area contributed by atoms with Gasteiger partial charge in [-0.05, 0) is 42.3 Å². The molecule has 0 saturated carbocycles. The van der Waals surface area contributed by atoms with Crippen molar-refractivity contribution in [3.63, 3.8) is 0 Å². The van der Waals surface area contributed by atoms with Gasteiger partial charge in [0.1, 0.15) is 0 Å². The Labute approximate surface area is 108 Å². The predicted octanol–water partition coefficient (Wildman–Crippen LogP) is -0.353. The van der Waals surface area contributed by atoms with Crippen LogP contribution in [0.15, 0.2) is 0 Å². The lowest BCUT2D eigenvalue weighted by Gasteiger charge is -2.31.